The molecule has 0 radical (unpaired) electrons. The molecule has 4 aliphatic carbocycles. The van der Waals surface area contributed by atoms with Crippen molar-refractivity contribution in [1.29, 1.82) is 0 Å². The Labute approximate surface area is 588 Å². The fourth-order valence-corrected chi connectivity index (χ4v) is 23.0. The molecule has 4 fully saturated rings. The van der Waals surface area contributed by atoms with E-state index < -0.39 is 0 Å². The predicted molar refractivity (Wildman–Crippen MR) is 405 cm³/mol. The average molecular weight is 1350 g/mol. The zero-order valence-electron chi connectivity index (χ0n) is 56.5. The Morgan fingerprint density at radius 2 is 0.505 bits per heavy atom. The van der Waals surface area contributed by atoms with Crippen molar-refractivity contribution >= 4 is 43.6 Å². The highest BCUT2D eigenvalue weighted by Crippen LogP contribution is 2.55. The molecular weight excluding hydrogens is 1260 g/mol. The van der Waals surface area contributed by atoms with Gasteiger partial charge in [0.2, 0.25) is 0 Å². The third-order valence-corrected chi connectivity index (χ3v) is 27.1. The topological polar surface area (TPSA) is 36.9 Å². The number of hydrogen-bond acceptors (Lipinski definition) is 4. The molecule has 0 N–H and O–H groups in total. The molecule has 4 aliphatic rings. The first-order valence-electron chi connectivity index (χ1n) is 33.8. The first kappa shape index (κ1) is 68.3. The van der Waals surface area contributed by atoms with Crippen molar-refractivity contribution in [3.05, 3.63) is 344 Å². The van der Waals surface area contributed by atoms with Crippen LogP contribution in [0.4, 0.5) is 0 Å². The van der Waals surface area contributed by atoms with Crippen LogP contribution in [0, 0.1) is 51.4 Å². The number of aryl methyl sites for hydroxylation is 4. The quantitative estimate of drug-likeness (QED) is 0.0634. The third kappa shape index (κ3) is 17.4. The fourth-order valence-electron chi connectivity index (χ4n) is 14.3. The summed E-state index contributed by atoms with van der Waals surface area (Å²) in [6.07, 6.45) is 7.42. The standard InChI is InChI=1S/C31H35O2S.C21H21OS.C19H17OS.C18H15S/c1-21-13-29(34(27-9-5-3-6-10-27)28-11-7-4-8-12-28)14-22(2)30(21)32-20-33-31-25-16-23-15-24(18-25)19-26(31)17-23;1-16-14-20(15-17(2)21(16)22-3)23(18-10-6-4-7-11-18)19-12-8-5-9-13-19;1-20-16-12-14-19(15-13-16)21(17-8-4-2-5-9-17)18-10-6-3-7-11-18;1-4-10-16(11-5-1)19(17-12-6-2-7-13-17)18-14-8-3-9-15-18/h3-14,23-26,31H,15-20H2,1-2H3;4-15H,1-3H3;2-15H,1H3;1-15H/q4*+1. The SMILES string of the molecule is COc1c(C)cc([S+](c2ccccc2)c2ccccc2)cc1C.COc1ccc([S+](c2ccccc2)c2ccccc2)cc1.Cc1cc([S+](c2ccccc2)c2ccccc2)cc(C)c1OCOC1C2CC3CC(C2)CC1C3.c1ccc([S+](c2ccccc2)c2ccccc2)cc1. The number of hydrogen-bond donors (Lipinski definition) is 0. The second-order valence-electron chi connectivity index (χ2n) is 25.0. The van der Waals surface area contributed by atoms with Gasteiger partial charge in [-0.1, -0.05) is 164 Å². The lowest BCUT2D eigenvalue weighted by atomic mass is 9.55. The summed E-state index contributed by atoms with van der Waals surface area (Å²) >= 11 is 0. The van der Waals surface area contributed by atoms with Crippen LogP contribution >= 0.6 is 0 Å². The molecule has 0 atom stereocenters. The van der Waals surface area contributed by atoms with Crippen LogP contribution in [0.25, 0.3) is 0 Å². The summed E-state index contributed by atoms with van der Waals surface area (Å²) < 4.78 is 23.5. The Morgan fingerprint density at radius 1 is 0.268 bits per heavy atom. The van der Waals surface area contributed by atoms with E-state index in [2.05, 4.69) is 337 Å². The summed E-state index contributed by atoms with van der Waals surface area (Å²) in [5.74, 6) is 6.34. The number of rotatable bonds is 18. The summed E-state index contributed by atoms with van der Waals surface area (Å²) in [4.78, 5) is 16.1. The van der Waals surface area contributed by atoms with Crippen molar-refractivity contribution in [3.8, 4) is 17.2 Å². The van der Waals surface area contributed by atoms with Gasteiger partial charge in [0.1, 0.15) is 17.2 Å². The minimum atomic E-state index is -0.142. The van der Waals surface area contributed by atoms with Crippen molar-refractivity contribution in [2.75, 3.05) is 21.0 Å². The van der Waals surface area contributed by atoms with Gasteiger partial charge in [0.25, 0.3) is 0 Å². The van der Waals surface area contributed by atoms with Gasteiger partial charge in [-0.15, -0.1) is 0 Å². The molecule has 0 unspecified atom stereocenters. The van der Waals surface area contributed by atoms with E-state index in [1.165, 1.54) is 113 Å². The lowest BCUT2D eigenvalue weighted by Gasteiger charge is -2.53. The van der Waals surface area contributed by atoms with Crippen LogP contribution in [0.15, 0.2) is 380 Å². The van der Waals surface area contributed by atoms with E-state index in [9.17, 15) is 0 Å². The highest BCUT2D eigenvalue weighted by molar-refractivity contribution is 7.98. The molecule has 0 spiro atoms. The van der Waals surface area contributed by atoms with Gasteiger partial charge >= 0.3 is 0 Å². The number of benzene rings is 12. The van der Waals surface area contributed by atoms with E-state index in [4.69, 9.17) is 18.9 Å². The Kier molecular flexibility index (Phi) is 24.0. The zero-order valence-corrected chi connectivity index (χ0v) is 59.8. The molecule has 12 aromatic rings. The van der Waals surface area contributed by atoms with E-state index in [1.54, 1.807) is 14.2 Å². The molecule has 0 aromatic heterocycles. The highest BCUT2D eigenvalue weighted by Gasteiger charge is 2.49. The van der Waals surface area contributed by atoms with E-state index >= 15 is 0 Å². The lowest BCUT2D eigenvalue weighted by molar-refractivity contribution is -0.155. The van der Waals surface area contributed by atoms with Crippen LogP contribution in [0.3, 0.4) is 0 Å². The first-order chi connectivity index (χ1) is 47.7. The van der Waals surface area contributed by atoms with E-state index in [0.29, 0.717) is 12.9 Å². The number of methoxy groups -OCH3 is 2. The van der Waals surface area contributed by atoms with Gasteiger partial charge in [0.05, 0.1) is 63.9 Å². The van der Waals surface area contributed by atoms with E-state index in [0.717, 1.165) is 40.9 Å². The second-order valence-corrected chi connectivity index (χ2v) is 33.1. The van der Waals surface area contributed by atoms with Gasteiger partial charge in [-0.05, 0) is 239 Å². The van der Waals surface area contributed by atoms with Gasteiger partial charge in [-0.25, -0.2) is 0 Å². The molecule has 0 amide bonds. The maximum absolute atomic E-state index is 6.43. The Hall–Kier alpha value is -8.60. The molecule has 0 heterocycles. The van der Waals surface area contributed by atoms with Gasteiger partial charge < -0.3 is 18.9 Å². The summed E-state index contributed by atoms with van der Waals surface area (Å²) in [6.45, 7) is 8.95. The molecule has 16 rings (SSSR count). The maximum Gasteiger partial charge on any atom is 0.189 e. The highest BCUT2D eigenvalue weighted by atomic mass is 32.2. The van der Waals surface area contributed by atoms with Crippen molar-refractivity contribution in [2.24, 2.45) is 23.7 Å². The van der Waals surface area contributed by atoms with Crippen LogP contribution in [0.1, 0.15) is 54.4 Å². The number of ether oxygens (including phenoxy) is 4. The summed E-state index contributed by atoms with van der Waals surface area (Å²) in [7, 11) is 3.10. The summed E-state index contributed by atoms with van der Waals surface area (Å²) in [5.41, 5.74) is 4.75. The molecule has 0 saturated heterocycles. The minimum absolute atomic E-state index is 0.0146. The molecule has 97 heavy (non-hydrogen) atoms. The molecule has 4 nitrogen and oxygen atoms in total. The first-order valence-corrected chi connectivity index (χ1v) is 38.7. The molecule has 4 bridgehead atoms. The Bertz CT molecular complexity index is 4040. The largest absolute Gasteiger partial charge is 0.497 e. The van der Waals surface area contributed by atoms with Gasteiger partial charge in [0.15, 0.2) is 65.5 Å². The van der Waals surface area contributed by atoms with Crippen LogP contribution in [-0.2, 0) is 48.3 Å². The van der Waals surface area contributed by atoms with Crippen LogP contribution < -0.4 is 14.2 Å². The van der Waals surface area contributed by atoms with Crippen LogP contribution in [-0.4, -0.2) is 27.1 Å². The van der Waals surface area contributed by atoms with Gasteiger partial charge in [0, 0.05) is 24.3 Å². The lowest BCUT2D eigenvalue weighted by Crippen LogP contribution is -2.49. The van der Waals surface area contributed by atoms with Crippen molar-refractivity contribution in [2.45, 2.75) is 125 Å². The molecule has 8 heteroatoms. The van der Waals surface area contributed by atoms with Gasteiger partial charge in [-0.3, -0.25) is 0 Å². The summed E-state index contributed by atoms with van der Waals surface area (Å²) in [6, 6.07) is 114. The molecule has 12 aromatic carbocycles. The molecule has 0 aliphatic heterocycles. The summed E-state index contributed by atoms with van der Waals surface area (Å²) in [5, 5.41) is 0. The molecule has 4 saturated carbocycles. The average Bonchev–Trinajstić information content (AvgIpc) is 0.790. The van der Waals surface area contributed by atoms with E-state index in [-0.39, 0.29) is 43.6 Å². The zero-order chi connectivity index (χ0) is 66.7. The minimum Gasteiger partial charge on any atom is -0.497 e. The van der Waals surface area contributed by atoms with Crippen molar-refractivity contribution in [1.82, 2.24) is 0 Å². The smallest absolute Gasteiger partial charge is 0.189 e. The Balaban J connectivity index is 0.000000127. The monoisotopic (exact) mass is 1350 g/mol. The van der Waals surface area contributed by atoms with Crippen molar-refractivity contribution in [3.63, 3.8) is 0 Å². The van der Waals surface area contributed by atoms with Crippen LogP contribution in [0.2, 0.25) is 0 Å². The van der Waals surface area contributed by atoms with Gasteiger partial charge in [-0.2, -0.15) is 0 Å². The van der Waals surface area contributed by atoms with Crippen LogP contribution in [0.5, 0.6) is 17.2 Å². The molecular formula is C89H88O4S4+4. The second kappa shape index (κ2) is 34.1. The predicted octanol–water partition coefficient (Wildman–Crippen LogP) is 22.6. The third-order valence-electron chi connectivity index (χ3n) is 18.3. The maximum atomic E-state index is 6.43. The fraction of sp³-hybridized carbons (Fsp3) is 0.191. The van der Waals surface area contributed by atoms with Crippen molar-refractivity contribution < 1.29 is 18.9 Å². The molecule has 488 valence electrons. The normalized spacial score (nSPS) is 16.5. The van der Waals surface area contributed by atoms with E-state index in [1.807, 2.05) is 12.1 Å². The Morgan fingerprint density at radius 3 is 0.753 bits per heavy atom.